The van der Waals surface area contributed by atoms with E-state index in [4.69, 9.17) is 11.5 Å². The summed E-state index contributed by atoms with van der Waals surface area (Å²) in [4.78, 5) is 22.4. The van der Waals surface area contributed by atoms with E-state index in [1.54, 1.807) is 12.1 Å². The van der Waals surface area contributed by atoms with Crippen LogP contribution in [0.5, 0.6) is 0 Å². The van der Waals surface area contributed by atoms with Crippen LogP contribution in [-0.4, -0.2) is 11.8 Å². The Bertz CT molecular complexity index is 441. The second kappa shape index (κ2) is 5.48. The van der Waals surface area contributed by atoms with Crippen molar-refractivity contribution in [1.82, 2.24) is 0 Å². The highest BCUT2D eigenvalue weighted by molar-refractivity contribution is 5.97. The van der Waals surface area contributed by atoms with Gasteiger partial charge in [0.15, 0.2) is 0 Å². The van der Waals surface area contributed by atoms with Gasteiger partial charge in [0.1, 0.15) is 0 Å². The molecule has 4 nitrogen and oxygen atoms in total. The third kappa shape index (κ3) is 3.31. The van der Waals surface area contributed by atoms with E-state index in [9.17, 15) is 9.59 Å². The van der Waals surface area contributed by atoms with Crippen molar-refractivity contribution in [3.05, 3.63) is 34.9 Å². The van der Waals surface area contributed by atoms with Gasteiger partial charge in [-0.25, -0.2) is 0 Å². The van der Waals surface area contributed by atoms with E-state index in [1.165, 1.54) is 6.07 Å². The minimum atomic E-state index is -0.494. The maximum atomic E-state index is 11.3. The molecule has 0 aliphatic carbocycles. The van der Waals surface area contributed by atoms with E-state index in [0.29, 0.717) is 17.0 Å². The summed E-state index contributed by atoms with van der Waals surface area (Å²) in [6.45, 7) is 4.16. The van der Waals surface area contributed by atoms with Gasteiger partial charge >= 0.3 is 0 Å². The molecule has 0 aliphatic rings. The Morgan fingerprint density at radius 1 is 1.24 bits per heavy atom. The molecule has 0 saturated carbocycles. The van der Waals surface area contributed by atoms with Crippen LogP contribution in [0.15, 0.2) is 18.2 Å². The molecule has 0 bridgehead atoms. The monoisotopic (exact) mass is 234 g/mol. The van der Waals surface area contributed by atoms with Crippen LogP contribution in [0.2, 0.25) is 0 Å². The molecule has 0 aliphatic heterocycles. The molecule has 92 valence electrons. The van der Waals surface area contributed by atoms with Crippen LogP contribution in [0.1, 0.15) is 46.5 Å². The Kier molecular flexibility index (Phi) is 4.26. The van der Waals surface area contributed by atoms with Crippen LogP contribution < -0.4 is 11.5 Å². The van der Waals surface area contributed by atoms with Crippen LogP contribution in [0, 0.1) is 5.92 Å². The number of hydrogen-bond acceptors (Lipinski definition) is 2. The molecule has 4 heteroatoms. The first-order chi connectivity index (χ1) is 7.95. The molecule has 1 unspecified atom stereocenters. The van der Waals surface area contributed by atoms with Gasteiger partial charge in [0.25, 0.3) is 0 Å². The molecule has 2 amide bonds. The van der Waals surface area contributed by atoms with Gasteiger partial charge in [0.2, 0.25) is 11.8 Å². The SMILES string of the molecule is CCC(C)Cc1cc(C(N)=O)ccc1C(N)=O. The second-order valence-corrected chi connectivity index (χ2v) is 4.32. The predicted octanol–water partition coefficient (Wildman–Crippen LogP) is 1.47. The molecule has 1 aromatic carbocycles. The quantitative estimate of drug-likeness (QED) is 0.808. The molecule has 0 aromatic heterocycles. The van der Waals surface area contributed by atoms with Gasteiger partial charge in [-0.3, -0.25) is 9.59 Å². The van der Waals surface area contributed by atoms with E-state index in [-0.39, 0.29) is 0 Å². The molecule has 0 fully saturated rings. The maximum Gasteiger partial charge on any atom is 0.248 e. The van der Waals surface area contributed by atoms with Crippen LogP contribution in [0.25, 0.3) is 0 Å². The Labute approximate surface area is 101 Å². The lowest BCUT2D eigenvalue weighted by Crippen LogP contribution is -2.17. The van der Waals surface area contributed by atoms with Crippen molar-refractivity contribution in [3.8, 4) is 0 Å². The molecule has 0 heterocycles. The Hall–Kier alpha value is -1.84. The number of amides is 2. The number of primary amides is 2. The number of hydrogen-bond donors (Lipinski definition) is 2. The van der Waals surface area contributed by atoms with Crippen LogP contribution in [0.4, 0.5) is 0 Å². The number of benzene rings is 1. The fourth-order valence-corrected chi connectivity index (χ4v) is 1.68. The first-order valence-electron chi connectivity index (χ1n) is 5.68. The smallest absolute Gasteiger partial charge is 0.248 e. The summed E-state index contributed by atoms with van der Waals surface area (Å²) in [7, 11) is 0. The highest BCUT2D eigenvalue weighted by atomic mass is 16.1. The third-order valence-electron chi connectivity index (χ3n) is 2.92. The molecule has 0 radical (unpaired) electrons. The summed E-state index contributed by atoms with van der Waals surface area (Å²) in [5.41, 5.74) is 12.2. The fourth-order valence-electron chi connectivity index (χ4n) is 1.68. The minimum absolute atomic E-state index is 0.410. The molecule has 4 N–H and O–H groups in total. The largest absolute Gasteiger partial charge is 0.366 e. The Balaban J connectivity index is 3.15. The lowest BCUT2D eigenvalue weighted by molar-refractivity contribution is 0.0987. The summed E-state index contributed by atoms with van der Waals surface area (Å²) in [6, 6.07) is 4.76. The predicted molar refractivity (Wildman–Crippen MR) is 66.6 cm³/mol. The average molecular weight is 234 g/mol. The highest BCUT2D eigenvalue weighted by Crippen LogP contribution is 2.17. The van der Waals surface area contributed by atoms with Crippen LogP contribution in [0.3, 0.4) is 0 Å². The van der Waals surface area contributed by atoms with E-state index < -0.39 is 11.8 Å². The molecule has 1 atom stereocenters. The zero-order chi connectivity index (χ0) is 13.0. The lowest BCUT2D eigenvalue weighted by atomic mass is 9.93. The molecule has 0 spiro atoms. The molecular weight excluding hydrogens is 216 g/mol. The van der Waals surface area contributed by atoms with Crippen LogP contribution >= 0.6 is 0 Å². The van der Waals surface area contributed by atoms with Gasteiger partial charge in [-0.2, -0.15) is 0 Å². The third-order valence-corrected chi connectivity index (χ3v) is 2.92. The molecular formula is C13H18N2O2. The second-order valence-electron chi connectivity index (χ2n) is 4.32. The summed E-state index contributed by atoms with van der Waals surface area (Å²) in [5, 5.41) is 0. The molecule has 17 heavy (non-hydrogen) atoms. The van der Waals surface area contributed by atoms with Crippen molar-refractivity contribution in [3.63, 3.8) is 0 Å². The normalized spacial score (nSPS) is 12.1. The lowest BCUT2D eigenvalue weighted by Gasteiger charge is -2.12. The standard InChI is InChI=1S/C13H18N2O2/c1-3-8(2)6-10-7-9(12(14)16)4-5-11(10)13(15)17/h4-5,7-8H,3,6H2,1-2H3,(H2,14,16)(H2,15,17). The number of carbonyl (C=O) groups excluding carboxylic acids is 2. The van der Waals surface area contributed by atoms with E-state index in [0.717, 1.165) is 18.4 Å². The Morgan fingerprint density at radius 2 is 1.88 bits per heavy atom. The molecule has 1 aromatic rings. The van der Waals surface area contributed by atoms with Gasteiger partial charge in [-0.05, 0) is 36.1 Å². The molecule has 1 rings (SSSR count). The number of rotatable bonds is 5. The van der Waals surface area contributed by atoms with Crippen molar-refractivity contribution < 1.29 is 9.59 Å². The van der Waals surface area contributed by atoms with Crippen LogP contribution in [-0.2, 0) is 6.42 Å². The van der Waals surface area contributed by atoms with Crippen molar-refractivity contribution in [2.75, 3.05) is 0 Å². The van der Waals surface area contributed by atoms with Gasteiger partial charge in [0, 0.05) is 11.1 Å². The zero-order valence-corrected chi connectivity index (χ0v) is 10.2. The van der Waals surface area contributed by atoms with E-state index in [2.05, 4.69) is 13.8 Å². The van der Waals surface area contributed by atoms with E-state index >= 15 is 0 Å². The summed E-state index contributed by atoms with van der Waals surface area (Å²) in [5.74, 6) is -0.540. The Morgan fingerprint density at radius 3 is 2.35 bits per heavy atom. The van der Waals surface area contributed by atoms with Gasteiger partial charge in [0.05, 0.1) is 0 Å². The topological polar surface area (TPSA) is 86.2 Å². The first kappa shape index (κ1) is 13.2. The highest BCUT2D eigenvalue weighted by Gasteiger charge is 2.13. The average Bonchev–Trinajstić information content (AvgIpc) is 2.28. The first-order valence-corrected chi connectivity index (χ1v) is 5.68. The molecule has 0 saturated heterocycles. The summed E-state index contributed by atoms with van der Waals surface area (Å²) < 4.78 is 0. The van der Waals surface area contributed by atoms with Gasteiger partial charge in [-0.1, -0.05) is 20.3 Å². The summed E-state index contributed by atoms with van der Waals surface area (Å²) in [6.07, 6.45) is 1.72. The van der Waals surface area contributed by atoms with Crippen molar-refractivity contribution in [2.24, 2.45) is 17.4 Å². The number of nitrogens with two attached hydrogens (primary N) is 2. The van der Waals surface area contributed by atoms with E-state index in [1.807, 2.05) is 0 Å². The minimum Gasteiger partial charge on any atom is -0.366 e. The van der Waals surface area contributed by atoms with Crippen molar-refractivity contribution in [1.29, 1.82) is 0 Å². The summed E-state index contributed by atoms with van der Waals surface area (Å²) >= 11 is 0. The number of carbonyl (C=O) groups is 2. The fraction of sp³-hybridized carbons (Fsp3) is 0.385. The van der Waals surface area contributed by atoms with Crippen molar-refractivity contribution in [2.45, 2.75) is 26.7 Å². The van der Waals surface area contributed by atoms with Gasteiger partial charge in [-0.15, -0.1) is 0 Å². The zero-order valence-electron chi connectivity index (χ0n) is 10.2. The van der Waals surface area contributed by atoms with Gasteiger partial charge < -0.3 is 11.5 Å². The van der Waals surface area contributed by atoms with Crippen molar-refractivity contribution >= 4 is 11.8 Å². The maximum absolute atomic E-state index is 11.3.